The molecule has 0 aromatic heterocycles. The lowest BCUT2D eigenvalue weighted by Gasteiger charge is -2.36. The number of rotatable bonds is 2. The Balaban J connectivity index is 1.63. The first kappa shape index (κ1) is 16.9. The van der Waals surface area contributed by atoms with E-state index < -0.39 is 0 Å². The number of nitrogens with one attached hydrogen (secondary N) is 1. The van der Waals surface area contributed by atoms with Gasteiger partial charge in [0.1, 0.15) is 0 Å². The highest BCUT2D eigenvalue weighted by atomic mass is 35.5. The molecule has 126 valence electrons. The third-order valence-corrected chi connectivity index (χ3v) is 4.82. The Morgan fingerprint density at radius 3 is 2.21 bits per heavy atom. The molecule has 0 radical (unpaired) electrons. The van der Waals surface area contributed by atoms with Crippen molar-refractivity contribution in [3.63, 3.8) is 0 Å². The molecule has 1 aliphatic rings. The van der Waals surface area contributed by atoms with Crippen LogP contribution in [0.4, 0.5) is 16.2 Å². The zero-order chi connectivity index (χ0) is 17.1. The Morgan fingerprint density at radius 1 is 0.958 bits per heavy atom. The maximum absolute atomic E-state index is 12.4. The van der Waals surface area contributed by atoms with Crippen LogP contribution in [0.5, 0.6) is 0 Å². The van der Waals surface area contributed by atoms with Crippen LogP contribution in [0, 0.1) is 6.92 Å². The van der Waals surface area contributed by atoms with Gasteiger partial charge in [-0.15, -0.1) is 0 Å². The van der Waals surface area contributed by atoms with E-state index in [4.69, 9.17) is 23.2 Å². The molecule has 0 saturated carbocycles. The summed E-state index contributed by atoms with van der Waals surface area (Å²) < 4.78 is 0. The van der Waals surface area contributed by atoms with Crippen LogP contribution in [0.1, 0.15) is 5.56 Å². The summed E-state index contributed by atoms with van der Waals surface area (Å²) in [7, 11) is 0. The van der Waals surface area contributed by atoms with Crippen molar-refractivity contribution in [3.05, 3.63) is 58.1 Å². The number of carbonyl (C=O) groups excluding carboxylic acids is 1. The SMILES string of the molecule is Cc1ccccc1NC(=O)N1CCN(c2c(Cl)cccc2Cl)CC1. The van der Waals surface area contributed by atoms with Gasteiger partial charge in [-0.2, -0.15) is 0 Å². The van der Waals surface area contributed by atoms with Gasteiger partial charge in [0.15, 0.2) is 0 Å². The van der Waals surface area contributed by atoms with E-state index in [0.717, 1.165) is 16.9 Å². The van der Waals surface area contributed by atoms with Crippen molar-refractivity contribution in [2.45, 2.75) is 6.92 Å². The third-order valence-electron chi connectivity index (χ3n) is 4.21. The van der Waals surface area contributed by atoms with Crippen LogP contribution < -0.4 is 10.2 Å². The van der Waals surface area contributed by atoms with E-state index in [1.54, 1.807) is 0 Å². The summed E-state index contributed by atoms with van der Waals surface area (Å²) in [5.74, 6) is 0. The smallest absolute Gasteiger partial charge is 0.321 e. The molecule has 1 fully saturated rings. The van der Waals surface area contributed by atoms with Crippen LogP contribution in [0.2, 0.25) is 10.0 Å². The van der Waals surface area contributed by atoms with Gasteiger partial charge in [0.2, 0.25) is 0 Å². The van der Waals surface area contributed by atoms with Crippen molar-refractivity contribution >= 4 is 40.6 Å². The first-order chi connectivity index (χ1) is 11.6. The number of anilines is 2. The standard InChI is InChI=1S/C18H19Cl2N3O/c1-13-5-2-3-8-16(13)21-18(24)23-11-9-22(10-12-23)17-14(19)6-4-7-15(17)20/h2-8H,9-12H2,1H3,(H,21,24). The molecule has 0 unspecified atom stereocenters. The van der Waals surface area contributed by atoms with E-state index in [0.29, 0.717) is 36.2 Å². The molecule has 24 heavy (non-hydrogen) atoms. The maximum atomic E-state index is 12.4. The van der Waals surface area contributed by atoms with Gasteiger partial charge in [-0.25, -0.2) is 4.79 Å². The number of hydrogen-bond acceptors (Lipinski definition) is 2. The van der Waals surface area contributed by atoms with E-state index in [1.807, 2.05) is 54.3 Å². The van der Waals surface area contributed by atoms with Gasteiger partial charge in [-0.1, -0.05) is 47.5 Å². The highest BCUT2D eigenvalue weighted by Gasteiger charge is 2.24. The normalized spacial score (nSPS) is 14.6. The Morgan fingerprint density at radius 2 is 1.58 bits per heavy atom. The van der Waals surface area contributed by atoms with Gasteiger partial charge in [-0.05, 0) is 30.7 Å². The van der Waals surface area contributed by atoms with Crippen molar-refractivity contribution < 1.29 is 4.79 Å². The zero-order valence-corrected chi connectivity index (χ0v) is 14.9. The lowest BCUT2D eigenvalue weighted by Crippen LogP contribution is -2.50. The summed E-state index contributed by atoms with van der Waals surface area (Å²) in [6.45, 7) is 4.63. The Kier molecular flexibility index (Phi) is 5.17. The number of carbonyl (C=O) groups is 1. The molecule has 0 atom stereocenters. The molecule has 0 aliphatic carbocycles. The minimum Gasteiger partial charge on any atom is -0.366 e. The number of halogens is 2. The lowest BCUT2D eigenvalue weighted by atomic mass is 10.2. The van der Waals surface area contributed by atoms with Crippen LogP contribution in [0.3, 0.4) is 0 Å². The molecular weight excluding hydrogens is 345 g/mol. The topological polar surface area (TPSA) is 35.6 Å². The summed E-state index contributed by atoms with van der Waals surface area (Å²) in [5.41, 5.74) is 2.74. The summed E-state index contributed by atoms with van der Waals surface area (Å²) in [6.07, 6.45) is 0. The van der Waals surface area contributed by atoms with Crippen molar-refractivity contribution in [3.8, 4) is 0 Å². The van der Waals surface area contributed by atoms with Gasteiger partial charge < -0.3 is 15.1 Å². The zero-order valence-electron chi connectivity index (χ0n) is 13.4. The highest BCUT2D eigenvalue weighted by Crippen LogP contribution is 2.34. The fourth-order valence-electron chi connectivity index (χ4n) is 2.83. The first-order valence-corrected chi connectivity index (χ1v) is 8.62. The average Bonchev–Trinajstić information content (AvgIpc) is 2.57. The van der Waals surface area contributed by atoms with Crippen LogP contribution in [-0.2, 0) is 0 Å². The second-order valence-electron chi connectivity index (χ2n) is 5.79. The van der Waals surface area contributed by atoms with Gasteiger partial charge in [0.25, 0.3) is 0 Å². The van der Waals surface area contributed by atoms with Crippen LogP contribution in [0.25, 0.3) is 0 Å². The quantitative estimate of drug-likeness (QED) is 0.842. The molecule has 1 N–H and O–H groups in total. The number of benzene rings is 2. The fourth-order valence-corrected chi connectivity index (χ4v) is 3.47. The minimum atomic E-state index is -0.0748. The summed E-state index contributed by atoms with van der Waals surface area (Å²) in [4.78, 5) is 16.4. The number of piperazine rings is 1. The van der Waals surface area contributed by atoms with Crippen molar-refractivity contribution in [2.75, 3.05) is 36.4 Å². The molecule has 3 rings (SSSR count). The number of para-hydroxylation sites is 2. The molecule has 1 heterocycles. The van der Waals surface area contributed by atoms with E-state index in [2.05, 4.69) is 10.2 Å². The Bertz CT molecular complexity index is 723. The minimum absolute atomic E-state index is 0.0748. The predicted octanol–water partition coefficient (Wildman–Crippen LogP) is 4.66. The van der Waals surface area contributed by atoms with E-state index >= 15 is 0 Å². The number of amides is 2. The maximum Gasteiger partial charge on any atom is 0.321 e. The van der Waals surface area contributed by atoms with E-state index in [-0.39, 0.29) is 6.03 Å². The number of urea groups is 1. The third kappa shape index (κ3) is 3.60. The lowest BCUT2D eigenvalue weighted by molar-refractivity contribution is 0.208. The largest absolute Gasteiger partial charge is 0.366 e. The van der Waals surface area contributed by atoms with Crippen LogP contribution in [0.15, 0.2) is 42.5 Å². The first-order valence-electron chi connectivity index (χ1n) is 7.87. The second kappa shape index (κ2) is 7.32. The molecule has 4 nitrogen and oxygen atoms in total. The fraction of sp³-hybridized carbons (Fsp3) is 0.278. The summed E-state index contributed by atoms with van der Waals surface area (Å²) >= 11 is 12.5. The van der Waals surface area contributed by atoms with Crippen molar-refractivity contribution in [1.82, 2.24) is 4.90 Å². The number of hydrogen-bond donors (Lipinski definition) is 1. The Hall–Kier alpha value is -1.91. The summed E-state index contributed by atoms with van der Waals surface area (Å²) in [6, 6.07) is 13.2. The van der Waals surface area contributed by atoms with Gasteiger partial charge in [0.05, 0.1) is 15.7 Å². The molecule has 1 saturated heterocycles. The average molecular weight is 364 g/mol. The number of nitrogens with zero attached hydrogens (tertiary/aromatic N) is 2. The van der Waals surface area contributed by atoms with Gasteiger partial charge in [0, 0.05) is 31.9 Å². The second-order valence-corrected chi connectivity index (χ2v) is 6.60. The highest BCUT2D eigenvalue weighted by molar-refractivity contribution is 6.39. The van der Waals surface area contributed by atoms with E-state index in [9.17, 15) is 4.79 Å². The predicted molar refractivity (Wildman–Crippen MR) is 100 cm³/mol. The molecular formula is C18H19Cl2N3O. The molecule has 2 aromatic carbocycles. The number of aryl methyl sites for hydroxylation is 1. The van der Waals surface area contributed by atoms with E-state index in [1.165, 1.54) is 0 Å². The van der Waals surface area contributed by atoms with Gasteiger partial charge in [-0.3, -0.25) is 0 Å². The molecule has 2 aromatic rings. The van der Waals surface area contributed by atoms with Crippen LogP contribution >= 0.6 is 23.2 Å². The Labute approximate surface area is 152 Å². The van der Waals surface area contributed by atoms with Crippen molar-refractivity contribution in [1.29, 1.82) is 0 Å². The molecule has 1 aliphatic heterocycles. The monoisotopic (exact) mass is 363 g/mol. The molecule has 2 amide bonds. The molecule has 0 spiro atoms. The molecule has 6 heteroatoms. The van der Waals surface area contributed by atoms with Gasteiger partial charge >= 0.3 is 6.03 Å². The van der Waals surface area contributed by atoms with Crippen molar-refractivity contribution in [2.24, 2.45) is 0 Å². The summed E-state index contributed by atoms with van der Waals surface area (Å²) in [5, 5.41) is 4.25. The van der Waals surface area contributed by atoms with Crippen LogP contribution in [-0.4, -0.2) is 37.1 Å². The molecule has 0 bridgehead atoms.